The molecule has 0 heterocycles. The second-order valence-electron chi connectivity index (χ2n) is 3.71. The average Bonchev–Trinajstić information content (AvgIpc) is 2.28. The zero-order valence-electron chi connectivity index (χ0n) is 10.6. The molecule has 0 fully saturated rings. The van der Waals surface area contributed by atoms with E-state index in [-0.39, 0.29) is 18.9 Å². The number of hydrogen-bond donors (Lipinski definition) is 0. The van der Waals surface area contributed by atoms with Gasteiger partial charge in [-0.3, -0.25) is 10.1 Å². The van der Waals surface area contributed by atoms with E-state index in [1.54, 1.807) is 26.8 Å². The first kappa shape index (κ1) is 14.0. The van der Waals surface area contributed by atoms with Gasteiger partial charge >= 0.3 is 5.97 Å². The van der Waals surface area contributed by atoms with Crippen molar-refractivity contribution in [2.45, 2.75) is 20.8 Å². The lowest BCUT2D eigenvalue weighted by Crippen LogP contribution is -2.15. The van der Waals surface area contributed by atoms with Crippen LogP contribution in [0.4, 0.5) is 5.69 Å². The molecule has 0 aromatic heterocycles. The number of esters is 1. The Morgan fingerprint density at radius 2 is 2.06 bits per heavy atom. The minimum absolute atomic E-state index is 0.0283. The number of ether oxygens (including phenoxy) is 2. The van der Waals surface area contributed by atoms with Crippen LogP contribution in [0.3, 0.4) is 0 Å². The van der Waals surface area contributed by atoms with E-state index in [4.69, 9.17) is 9.47 Å². The first-order valence-electron chi connectivity index (χ1n) is 5.50. The Kier molecular flexibility index (Phi) is 4.65. The fourth-order valence-electron chi connectivity index (χ4n) is 1.57. The number of aryl methyl sites for hydroxylation is 1. The van der Waals surface area contributed by atoms with Gasteiger partial charge in [0, 0.05) is 6.07 Å². The predicted octanol–water partition coefficient (Wildman–Crippen LogP) is 2.15. The Morgan fingerprint density at radius 1 is 1.39 bits per heavy atom. The fourth-order valence-corrected chi connectivity index (χ4v) is 1.57. The summed E-state index contributed by atoms with van der Waals surface area (Å²) in [4.78, 5) is 21.5. The summed E-state index contributed by atoms with van der Waals surface area (Å²) in [5, 5.41) is 10.8. The van der Waals surface area contributed by atoms with Crippen molar-refractivity contribution in [3.63, 3.8) is 0 Å². The summed E-state index contributed by atoms with van der Waals surface area (Å²) in [5.41, 5.74) is 1.12. The molecule has 0 N–H and O–H groups in total. The van der Waals surface area contributed by atoms with Crippen LogP contribution in [0.1, 0.15) is 18.1 Å². The minimum Gasteiger partial charge on any atom is -0.481 e. The molecule has 1 rings (SSSR count). The minimum atomic E-state index is -0.497. The smallest absolute Gasteiger partial charge is 0.344 e. The molecule has 0 aliphatic carbocycles. The summed E-state index contributed by atoms with van der Waals surface area (Å²) in [7, 11) is 0. The number of carbonyl (C=O) groups is 1. The molecule has 0 spiro atoms. The van der Waals surface area contributed by atoms with Gasteiger partial charge in [-0.05, 0) is 32.4 Å². The number of nitro benzene ring substituents is 1. The van der Waals surface area contributed by atoms with Crippen molar-refractivity contribution in [1.82, 2.24) is 0 Å². The average molecular weight is 253 g/mol. The highest BCUT2D eigenvalue weighted by Crippen LogP contribution is 2.30. The Morgan fingerprint density at radius 3 is 2.61 bits per heavy atom. The first-order valence-corrected chi connectivity index (χ1v) is 5.50. The summed E-state index contributed by atoms with van der Waals surface area (Å²) < 4.78 is 10.0. The lowest BCUT2D eigenvalue weighted by Gasteiger charge is -2.11. The van der Waals surface area contributed by atoms with E-state index in [0.29, 0.717) is 11.3 Å². The summed E-state index contributed by atoms with van der Waals surface area (Å²) >= 11 is 0. The van der Waals surface area contributed by atoms with Crippen molar-refractivity contribution >= 4 is 11.7 Å². The van der Waals surface area contributed by atoms with Crippen molar-refractivity contribution in [2.24, 2.45) is 0 Å². The number of nitrogens with zero attached hydrogens (tertiary/aromatic N) is 1. The van der Waals surface area contributed by atoms with Crippen molar-refractivity contribution in [1.29, 1.82) is 0 Å². The molecule has 98 valence electrons. The Labute approximate surface area is 105 Å². The molecule has 1 aromatic carbocycles. The van der Waals surface area contributed by atoms with E-state index in [2.05, 4.69) is 0 Å². The number of benzene rings is 1. The molecule has 0 amide bonds. The first-order chi connectivity index (χ1) is 8.47. The number of nitro groups is 1. The van der Waals surface area contributed by atoms with Gasteiger partial charge in [-0.15, -0.1) is 0 Å². The van der Waals surface area contributed by atoms with Gasteiger partial charge in [0.2, 0.25) is 0 Å². The number of carbonyl (C=O) groups excluding carboxylic acids is 1. The molecule has 0 radical (unpaired) electrons. The summed E-state index contributed by atoms with van der Waals surface area (Å²) in [5.74, 6) is -0.139. The van der Waals surface area contributed by atoms with E-state index >= 15 is 0 Å². The molecule has 0 aliphatic rings. The quantitative estimate of drug-likeness (QED) is 0.456. The topological polar surface area (TPSA) is 78.7 Å². The van der Waals surface area contributed by atoms with E-state index < -0.39 is 10.9 Å². The second kappa shape index (κ2) is 6.00. The van der Waals surface area contributed by atoms with Gasteiger partial charge in [0.15, 0.2) is 6.61 Å². The molecule has 6 nitrogen and oxygen atoms in total. The van der Waals surface area contributed by atoms with Crippen LogP contribution < -0.4 is 4.74 Å². The lowest BCUT2D eigenvalue weighted by molar-refractivity contribution is -0.385. The van der Waals surface area contributed by atoms with Crippen molar-refractivity contribution in [3.8, 4) is 5.75 Å². The molecule has 0 atom stereocenters. The zero-order chi connectivity index (χ0) is 13.7. The maximum Gasteiger partial charge on any atom is 0.344 e. The van der Waals surface area contributed by atoms with Gasteiger partial charge < -0.3 is 9.47 Å². The van der Waals surface area contributed by atoms with Gasteiger partial charge in [-0.25, -0.2) is 4.79 Å². The van der Waals surface area contributed by atoms with Crippen molar-refractivity contribution < 1.29 is 19.2 Å². The Bertz CT molecular complexity index is 470. The van der Waals surface area contributed by atoms with E-state index in [1.165, 1.54) is 6.07 Å². The van der Waals surface area contributed by atoms with E-state index in [9.17, 15) is 14.9 Å². The van der Waals surface area contributed by atoms with Crippen LogP contribution >= 0.6 is 0 Å². The van der Waals surface area contributed by atoms with Gasteiger partial charge in [-0.1, -0.05) is 0 Å². The largest absolute Gasteiger partial charge is 0.481 e. The molecule has 18 heavy (non-hydrogen) atoms. The molecule has 0 aliphatic heterocycles. The fraction of sp³-hybridized carbons (Fsp3) is 0.417. The predicted molar refractivity (Wildman–Crippen MR) is 64.7 cm³/mol. The highest BCUT2D eigenvalue weighted by atomic mass is 16.6. The van der Waals surface area contributed by atoms with Crippen molar-refractivity contribution in [2.75, 3.05) is 13.2 Å². The third kappa shape index (κ3) is 3.19. The van der Waals surface area contributed by atoms with Crippen LogP contribution in [0.25, 0.3) is 0 Å². The molecule has 0 bridgehead atoms. The van der Waals surface area contributed by atoms with Crippen LogP contribution in [0.15, 0.2) is 12.1 Å². The normalized spacial score (nSPS) is 9.94. The second-order valence-corrected chi connectivity index (χ2v) is 3.71. The molecule has 0 saturated carbocycles. The highest BCUT2D eigenvalue weighted by molar-refractivity contribution is 5.71. The summed E-state index contributed by atoms with van der Waals surface area (Å²) in [6.45, 7) is 5.07. The van der Waals surface area contributed by atoms with Gasteiger partial charge in [0.25, 0.3) is 5.69 Å². The molecule has 0 unspecified atom stereocenters. The van der Waals surface area contributed by atoms with Gasteiger partial charge in [-0.2, -0.15) is 0 Å². The maximum absolute atomic E-state index is 11.2. The SMILES string of the molecule is CCOC(=O)COc1c(C)ccc([N+](=O)[O-])c1C. The molecular formula is C12H15NO5. The molecule has 6 heteroatoms. The monoisotopic (exact) mass is 253 g/mol. The maximum atomic E-state index is 11.2. The molecule has 0 saturated heterocycles. The van der Waals surface area contributed by atoms with Gasteiger partial charge in [0.1, 0.15) is 5.75 Å². The Balaban J connectivity index is 2.91. The van der Waals surface area contributed by atoms with Crippen LogP contribution in [0.5, 0.6) is 5.75 Å². The number of rotatable bonds is 5. The van der Waals surface area contributed by atoms with E-state index in [0.717, 1.165) is 5.56 Å². The van der Waals surface area contributed by atoms with Gasteiger partial charge in [0.05, 0.1) is 17.1 Å². The van der Waals surface area contributed by atoms with Crippen LogP contribution in [0.2, 0.25) is 0 Å². The summed E-state index contributed by atoms with van der Waals surface area (Å²) in [6.07, 6.45) is 0. The van der Waals surface area contributed by atoms with E-state index in [1.807, 2.05) is 0 Å². The third-order valence-corrected chi connectivity index (χ3v) is 2.41. The van der Waals surface area contributed by atoms with Crippen LogP contribution in [-0.4, -0.2) is 24.1 Å². The standard InChI is InChI=1S/C12H15NO5/c1-4-17-11(14)7-18-12-8(2)5-6-10(9(12)3)13(15)16/h5-6H,4,7H2,1-3H3. The highest BCUT2D eigenvalue weighted by Gasteiger charge is 2.17. The Hall–Kier alpha value is -2.11. The molecular weight excluding hydrogens is 238 g/mol. The molecule has 1 aromatic rings. The van der Waals surface area contributed by atoms with Crippen LogP contribution in [-0.2, 0) is 9.53 Å². The van der Waals surface area contributed by atoms with Crippen LogP contribution in [0, 0.1) is 24.0 Å². The van der Waals surface area contributed by atoms with Crippen molar-refractivity contribution in [3.05, 3.63) is 33.4 Å². The third-order valence-electron chi connectivity index (χ3n) is 2.41. The summed E-state index contributed by atoms with van der Waals surface area (Å²) in [6, 6.07) is 3.01. The number of hydrogen-bond acceptors (Lipinski definition) is 5. The lowest BCUT2D eigenvalue weighted by atomic mass is 10.1. The zero-order valence-corrected chi connectivity index (χ0v) is 10.6.